The zero-order valence-corrected chi connectivity index (χ0v) is 17.7. The fourth-order valence-corrected chi connectivity index (χ4v) is 3.19. The second kappa shape index (κ2) is 8.52. The van der Waals surface area contributed by atoms with E-state index in [1.165, 1.54) is 30.1 Å². The summed E-state index contributed by atoms with van der Waals surface area (Å²) in [7, 11) is 1.37. The number of nitro benzene ring substituents is 1. The normalized spacial score (nSPS) is 12.4. The van der Waals surface area contributed by atoms with E-state index in [1.54, 1.807) is 18.2 Å². The topological polar surface area (TPSA) is 99.6 Å². The Hall–Kier alpha value is -3.07. The number of rotatable bonds is 6. The molecule has 0 amide bonds. The molecular formula is C20H19BrN4O4. The molecule has 1 heterocycles. The van der Waals surface area contributed by atoms with Crippen LogP contribution in [0.3, 0.4) is 0 Å². The smallest absolute Gasteiger partial charge is 0.311 e. The van der Waals surface area contributed by atoms with E-state index >= 15 is 0 Å². The summed E-state index contributed by atoms with van der Waals surface area (Å²) in [6.07, 6.45) is 2.18. The van der Waals surface area contributed by atoms with Crippen LogP contribution in [0.5, 0.6) is 5.75 Å². The average Bonchev–Trinajstić information content (AvgIpc) is 2.72. The molecule has 3 rings (SSSR count). The van der Waals surface area contributed by atoms with Gasteiger partial charge in [0, 0.05) is 22.0 Å². The lowest BCUT2D eigenvalue weighted by Gasteiger charge is -2.14. The van der Waals surface area contributed by atoms with Crippen molar-refractivity contribution >= 4 is 38.7 Å². The van der Waals surface area contributed by atoms with E-state index in [9.17, 15) is 14.9 Å². The Morgan fingerprint density at radius 2 is 2.10 bits per heavy atom. The molecule has 0 aliphatic carbocycles. The predicted molar refractivity (Wildman–Crippen MR) is 115 cm³/mol. The molecule has 0 saturated carbocycles. The van der Waals surface area contributed by atoms with Gasteiger partial charge in [0.1, 0.15) is 5.82 Å². The molecule has 9 heteroatoms. The number of halogens is 1. The SMILES string of the molecule is CC[C@@H](C)c1nc2ccc(Br)cc2c(=O)n1N=Cc1ccc(OC)c([N+](=O)[O-])c1. The van der Waals surface area contributed by atoms with Crippen LogP contribution < -0.4 is 10.3 Å². The van der Waals surface area contributed by atoms with Gasteiger partial charge in [0.25, 0.3) is 5.56 Å². The number of ether oxygens (including phenoxy) is 1. The Bertz CT molecular complexity index is 1170. The highest BCUT2D eigenvalue weighted by Crippen LogP contribution is 2.27. The van der Waals surface area contributed by atoms with E-state index in [0.717, 1.165) is 10.9 Å². The van der Waals surface area contributed by atoms with Gasteiger partial charge in [-0.15, -0.1) is 0 Å². The summed E-state index contributed by atoms with van der Waals surface area (Å²) in [6, 6.07) is 9.80. The first kappa shape index (κ1) is 20.7. The molecule has 0 N–H and O–H groups in total. The van der Waals surface area contributed by atoms with Crippen molar-refractivity contribution in [3.8, 4) is 5.75 Å². The van der Waals surface area contributed by atoms with E-state index in [2.05, 4.69) is 26.0 Å². The summed E-state index contributed by atoms with van der Waals surface area (Å²) in [4.78, 5) is 28.4. The highest BCUT2D eigenvalue weighted by Gasteiger charge is 2.17. The zero-order valence-electron chi connectivity index (χ0n) is 16.1. The van der Waals surface area contributed by atoms with Crippen molar-refractivity contribution in [1.29, 1.82) is 0 Å². The number of nitrogens with zero attached hydrogens (tertiary/aromatic N) is 4. The molecule has 0 spiro atoms. The van der Waals surface area contributed by atoms with Crippen LogP contribution >= 0.6 is 15.9 Å². The third-order valence-corrected chi connectivity index (χ3v) is 5.10. The van der Waals surface area contributed by atoms with Crippen LogP contribution in [0.1, 0.15) is 37.6 Å². The minimum Gasteiger partial charge on any atom is -0.490 e. The summed E-state index contributed by atoms with van der Waals surface area (Å²) < 4.78 is 7.04. The van der Waals surface area contributed by atoms with Crippen molar-refractivity contribution in [3.63, 3.8) is 0 Å². The first-order chi connectivity index (χ1) is 13.8. The first-order valence-electron chi connectivity index (χ1n) is 8.94. The summed E-state index contributed by atoms with van der Waals surface area (Å²) in [5.41, 5.74) is 0.589. The monoisotopic (exact) mass is 458 g/mol. The Labute approximate surface area is 175 Å². The highest BCUT2D eigenvalue weighted by molar-refractivity contribution is 9.10. The van der Waals surface area contributed by atoms with E-state index in [-0.39, 0.29) is 22.9 Å². The molecule has 0 radical (unpaired) electrons. The van der Waals surface area contributed by atoms with Crippen molar-refractivity contribution in [2.24, 2.45) is 5.10 Å². The second-order valence-electron chi connectivity index (χ2n) is 6.49. The maximum atomic E-state index is 13.1. The van der Waals surface area contributed by atoms with E-state index < -0.39 is 4.92 Å². The van der Waals surface area contributed by atoms with Crippen LogP contribution in [-0.2, 0) is 0 Å². The lowest BCUT2D eigenvalue weighted by Crippen LogP contribution is -2.23. The van der Waals surface area contributed by atoms with Crippen molar-refractivity contribution in [1.82, 2.24) is 9.66 Å². The maximum absolute atomic E-state index is 13.1. The van der Waals surface area contributed by atoms with Crippen LogP contribution in [0.15, 0.2) is 50.8 Å². The Kier molecular flexibility index (Phi) is 6.07. The number of fused-ring (bicyclic) bond motifs is 1. The van der Waals surface area contributed by atoms with E-state index in [1.807, 2.05) is 19.9 Å². The van der Waals surface area contributed by atoms with Gasteiger partial charge in [-0.2, -0.15) is 9.78 Å². The number of hydrogen-bond donors (Lipinski definition) is 0. The molecule has 0 aliphatic rings. The van der Waals surface area contributed by atoms with Gasteiger partial charge in [0.2, 0.25) is 0 Å². The second-order valence-corrected chi connectivity index (χ2v) is 7.41. The van der Waals surface area contributed by atoms with Crippen molar-refractivity contribution in [2.75, 3.05) is 7.11 Å². The Morgan fingerprint density at radius 1 is 1.34 bits per heavy atom. The van der Waals surface area contributed by atoms with Gasteiger partial charge in [0.05, 0.1) is 29.2 Å². The zero-order chi connectivity index (χ0) is 21.1. The average molecular weight is 459 g/mol. The van der Waals surface area contributed by atoms with Gasteiger partial charge in [-0.3, -0.25) is 14.9 Å². The van der Waals surface area contributed by atoms with Crippen LogP contribution in [-0.4, -0.2) is 27.9 Å². The molecule has 150 valence electrons. The van der Waals surface area contributed by atoms with Gasteiger partial charge in [0.15, 0.2) is 5.75 Å². The molecule has 0 aliphatic heterocycles. The lowest BCUT2D eigenvalue weighted by atomic mass is 10.1. The molecule has 8 nitrogen and oxygen atoms in total. The Balaban J connectivity index is 2.16. The van der Waals surface area contributed by atoms with Gasteiger partial charge in [-0.25, -0.2) is 4.98 Å². The number of methoxy groups -OCH3 is 1. The van der Waals surface area contributed by atoms with Gasteiger partial charge in [-0.1, -0.05) is 29.8 Å². The van der Waals surface area contributed by atoms with Gasteiger partial charge < -0.3 is 4.74 Å². The van der Waals surface area contributed by atoms with Crippen molar-refractivity contribution in [3.05, 3.63) is 72.7 Å². The quantitative estimate of drug-likeness (QED) is 0.308. The summed E-state index contributed by atoms with van der Waals surface area (Å²) >= 11 is 3.37. The summed E-state index contributed by atoms with van der Waals surface area (Å²) in [5, 5.41) is 16.0. The minimum atomic E-state index is -0.526. The molecule has 0 bridgehead atoms. The summed E-state index contributed by atoms with van der Waals surface area (Å²) in [6.45, 7) is 3.97. The van der Waals surface area contributed by atoms with Crippen LogP contribution in [0.4, 0.5) is 5.69 Å². The first-order valence-corrected chi connectivity index (χ1v) is 9.74. The molecule has 0 saturated heterocycles. The van der Waals surface area contributed by atoms with Crippen molar-refractivity contribution < 1.29 is 9.66 Å². The van der Waals surface area contributed by atoms with Gasteiger partial charge >= 0.3 is 5.69 Å². The summed E-state index contributed by atoms with van der Waals surface area (Å²) in [5.74, 6) is 0.687. The molecular weight excluding hydrogens is 440 g/mol. The number of hydrogen-bond acceptors (Lipinski definition) is 6. The Morgan fingerprint density at radius 3 is 2.76 bits per heavy atom. The molecule has 2 aromatic carbocycles. The standard InChI is InChI=1S/C20H19BrN4O4/c1-4-12(2)19-23-16-7-6-14(21)10-15(16)20(26)24(19)22-11-13-5-8-18(29-3)17(9-13)25(27)28/h5-12H,4H2,1-3H3/t12-/m1/s1. The van der Waals surface area contributed by atoms with Gasteiger partial charge in [-0.05, 0) is 36.8 Å². The van der Waals surface area contributed by atoms with E-state index in [4.69, 9.17) is 4.74 Å². The molecule has 1 aromatic heterocycles. The van der Waals surface area contributed by atoms with Crippen LogP contribution in [0, 0.1) is 10.1 Å². The molecule has 3 aromatic rings. The van der Waals surface area contributed by atoms with E-state index in [0.29, 0.717) is 22.3 Å². The fourth-order valence-electron chi connectivity index (χ4n) is 2.83. The van der Waals surface area contributed by atoms with Crippen molar-refractivity contribution in [2.45, 2.75) is 26.2 Å². The molecule has 0 unspecified atom stereocenters. The largest absolute Gasteiger partial charge is 0.490 e. The molecule has 1 atom stereocenters. The minimum absolute atomic E-state index is 0.00176. The molecule has 29 heavy (non-hydrogen) atoms. The maximum Gasteiger partial charge on any atom is 0.311 e. The van der Waals surface area contributed by atoms with Crippen LogP contribution in [0.2, 0.25) is 0 Å². The highest BCUT2D eigenvalue weighted by atomic mass is 79.9. The number of aromatic nitrogens is 2. The third kappa shape index (κ3) is 4.19. The van der Waals surface area contributed by atoms with Crippen LogP contribution in [0.25, 0.3) is 10.9 Å². The third-order valence-electron chi connectivity index (χ3n) is 4.61. The lowest BCUT2D eigenvalue weighted by molar-refractivity contribution is -0.385. The predicted octanol–water partition coefficient (Wildman–Crippen LogP) is 4.47. The number of nitro groups is 1. The number of benzene rings is 2. The fraction of sp³-hybridized carbons (Fsp3) is 0.250. The molecule has 0 fully saturated rings.